The van der Waals surface area contributed by atoms with Crippen LogP contribution >= 0.6 is 0 Å². The smallest absolute Gasteiger partial charge is 0.0561 e. The van der Waals surface area contributed by atoms with Crippen LogP contribution in [0.15, 0.2) is 34.5 Å². The molecule has 0 spiro atoms. The van der Waals surface area contributed by atoms with Crippen LogP contribution < -0.4 is 10.2 Å². The molecule has 78 valence electrons. The molecule has 0 saturated heterocycles. The van der Waals surface area contributed by atoms with Crippen LogP contribution in [0, 0.1) is 0 Å². The molecule has 0 amide bonds. The Morgan fingerprint density at radius 3 is 2.33 bits per heavy atom. The van der Waals surface area contributed by atoms with Crippen LogP contribution in [-0.4, -0.2) is 33.8 Å². The van der Waals surface area contributed by atoms with Gasteiger partial charge < -0.3 is 10.2 Å². The molecule has 0 aliphatic rings. The van der Waals surface area contributed by atoms with Gasteiger partial charge in [-0.25, -0.2) is 0 Å². The Labute approximate surface area is 99.6 Å². The molecule has 1 aromatic carbocycles. The van der Waals surface area contributed by atoms with Crippen LogP contribution in [0.3, 0.4) is 0 Å². The molecule has 15 heavy (non-hydrogen) atoms. The van der Waals surface area contributed by atoms with Crippen LogP contribution in [0.25, 0.3) is 0 Å². The predicted octanol–water partition coefficient (Wildman–Crippen LogP) is 0.269. The molecule has 1 rings (SSSR count). The Morgan fingerprint density at radius 2 is 1.80 bits per heavy atom. The summed E-state index contributed by atoms with van der Waals surface area (Å²) in [4.78, 5) is 4.59. The normalized spacial score (nSPS) is 9.73. The molecule has 0 aromatic heterocycles. The SMILES string of the molecule is [CH3][Sn+2][CH3].[O-]/C=N\N=C\c1ccccc1[O-]. The van der Waals surface area contributed by atoms with E-state index in [1.54, 1.807) is 18.2 Å². The van der Waals surface area contributed by atoms with Crippen molar-refractivity contribution in [2.75, 3.05) is 0 Å². The first-order chi connectivity index (χ1) is 7.26. The van der Waals surface area contributed by atoms with Gasteiger partial charge in [0.05, 0.1) is 6.21 Å². The van der Waals surface area contributed by atoms with Gasteiger partial charge in [0.25, 0.3) is 0 Å². The summed E-state index contributed by atoms with van der Waals surface area (Å²) in [5.74, 6) is -0.137. The third kappa shape index (κ3) is 6.95. The molecule has 0 bridgehead atoms. The minimum atomic E-state index is -0.137. The average Bonchev–Trinajstić information content (AvgIpc) is 2.22. The van der Waals surface area contributed by atoms with Gasteiger partial charge in [0.2, 0.25) is 0 Å². The number of nitrogens with zero attached hydrogens (tertiary/aromatic N) is 2. The van der Waals surface area contributed by atoms with Gasteiger partial charge in [-0.3, -0.25) is 0 Å². The molecule has 0 aliphatic carbocycles. The molecule has 0 saturated carbocycles. The van der Waals surface area contributed by atoms with Crippen molar-refractivity contribution in [1.29, 1.82) is 0 Å². The molecule has 0 aliphatic heterocycles. The summed E-state index contributed by atoms with van der Waals surface area (Å²) in [5.41, 5.74) is 0.420. The number of rotatable bonds is 2. The van der Waals surface area contributed by atoms with E-state index in [4.69, 9.17) is 0 Å². The van der Waals surface area contributed by atoms with Gasteiger partial charge in [0, 0.05) is 0 Å². The second-order valence-electron chi connectivity index (χ2n) is 2.50. The van der Waals surface area contributed by atoms with Crippen LogP contribution in [0.1, 0.15) is 5.56 Å². The van der Waals surface area contributed by atoms with E-state index in [0.717, 1.165) is 0 Å². The minimum Gasteiger partial charge on any atom is -0.872 e. The minimum absolute atomic E-state index is 0.137. The fraction of sp³-hybridized carbons (Fsp3) is 0.200. The molecule has 0 radical (unpaired) electrons. The van der Waals surface area contributed by atoms with Crippen molar-refractivity contribution < 1.29 is 10.2 Å². The molecular formula is C10H12N2O2Sn. The maximum atomic E-state index is 11.0. The maximum absolute atomic E-state index is 11.0. The van der Waals surface area contributed by atoms with Crippen LogP contribution in [-0.2, 0) is 0 Å². The zero-order valence-corrected chi connectivity index (χ0v) is 11.5. The summed E-state index contributed by atoms with van der Waals surface area (Å²) in [5, 5.41) is 27.1. The predicted molar refractivity (Wildman–Crippen MR) is 59.5 cm³/mol. The standard InChI is InChI=1S/C8H8N2O2.2CH3.Sn/c11-6-10-9-5-7-3-1-2-4-8(7)12;;;/h1-6,12H,(H,10,11);2*1H3;/q;;;+2/p-2/b9-5+;;;. The van der Waals surface area contributed by atoms with Gasteiger partial charge >= 0.3 is 31.0 Å². The van der Waals surface area contributed by atoms with Crippen molar-refractivity contribution in [3.05, 3.63) is 29.8 Å². The third-order valence-electron chi connectivity index (χ3n) is 1.23. The van der Waals surface area contributed by atoms with Crippen molar-refractivity contribution in [3.8, 4) is 5.75 Å². The van der Waals surface area contributed by atoms with Gasteiger partial charge in [0.15, 0.2) is 0 Å². The van der Waals surface area contributed by atoms with Gasteiger partial charge in [-0.15, -0.1) is 0 Å². The van der Waals surface area contributed by atoms with Crippen LogP contribution in [0.5, 0.6) is 5.75 Å². The average molecular weight is 311 g/mol. The van der Waals surface area contributed by atoms with E-state index in [0.29, 0.717) is 12.0 Å². The summed E-state index contributed by atoms with van der Waals surface area (Å²) in [7, 11) is 0. The van der Waals surface area contributed by atoms with Crippen molar-refractivity contribution in [1.82, 2.24) is 0 Å². The zero-order valence-electron chi connectivity index (χ0n) is 8.68. The zero-order chi connectivity index (χ0) is 11.5. The maximum Gasteiger partial charge on any atom is 0.0561 e. The third-order valence-corrected chi connectivity index (χ3v) is 1.23. The van der Waals surface area contributed by atoms with Crippen LogP contribution in [0.2, 0.25) is 9.88 Å². The molecule has 0 unspecified atom stereocenters. The van der Waals surface area contributed by atoms with E-state index < -0.39 is 0 Å². The summed E-state index contributed by atoms with van der Waals surface area (Å²) in [6.45, 7) is 0. The quantitative estimate of drug-likeness (QED) is 0.340. The van der Waals surface area contributed by atoms with E-state index in [1.165, 1.54) is 12.3 Å². The van der Waals surface area contributed by atoms with Crippen molar-refractivity contribution >= 4 is 33.8 Å². The molecule has 5 heteroatoms. The number of hydrogen-bond acceptors (Lipinski definition) is 4. The second kappa shape index (κ2) is 9.51. The molecular weight excluding hydrogens is 299 g/mol. The van der Waals surface area contributed by atoms with Gasteiger partial charge in [-0.05, 0) is 12.0 Å². The number of hydrogen-bond donors (Lipinski definition) is 0. The monoisotopic (exact) mass is 312 g/mol. The van der Waals surface area contributed by atoms with E-state index >= 15 is 0 Å². The largest absolute Gasteiger partial charge is 0.872 e. The first-order valence-corrected chi connectivity index (χ1v) is 9.98. The summed E-state index contributed by atoms with van der Waals surface area (Å²) in [6, 6.07) is 6.37. The molecule has 0 heterocycles. The van der Waals surface area contributed by atoms with Gasteiger partial charge in [-0.1, -0.05) is 30.0 Å². The Hall–Kier alpha value is -1.04. The summed E-state index contributed by atoms with van der Waals surface area (Å²) < 4.78 is 0. The topological polar surface area (TPSA) is 70.8 Å². The van der Waals surface area contributed by atoms with Crippen molar-refractivity contribution in [3.63, 3.8) is 0 Å². The summed E-state index contributed by atoms with van der Waals surface area (Å²) >= 11 is 0.230. The fourth-order valence-corrected chi connectivity index (χ4v) is 0.710. The molecule has 1 aromatic rings. The van der Waals surface area contributed by atoms with Gasteiger partial charge in [-0.2, -0.15) is 10.2 Å². The Balaban J connectivity index is 0.000000583. The summed E-state index contributed by atoms with van der Waals surface area (Å²) in [6.07, 6.45) is 1.56. The fourth-order valence-electron chi connectivity index (χ4n) is 0.710. The first-order valence-electron chi connectivity index (χ1n) is 4.27. The van der Waals surface area contributed by atoms with E-state index in [-0.39, 0.29) is 26.9 Å². The van der Waals surface area contributed by atoms with Crippen molar-refractivity contribution in [2.24, 2.45) is 10.2 Å². The second-order valence-corrected chi connectivity index (χ2v) is 5.36. The molecule has 0 atom stereocenters. The number of para-hydroxylation sites is 1. The number of benzene rings is 1. The van der Waals surface area contributed by atoms with E-state index in [9.17, 15) is 10.2 Å². The van der Waals surface area contributed by atoms with Crippen LogP contribution in [0.4, 0.5) is 0 Å². The van der Waals surface area contributed by atoms with Gasteiger partial charge in [0.1, 0.15) is 0 Å². The molecule has 4 nitrogen and oxygen atoms in total. The van der Waals surface area contributed by atoms with Crippen molar-refractivity contribution in [2.45, 2.75) is 9.88 Å². The first kappa shape index (κ1) is 14.0. The molecule has 0 fully saturated rings. The Bertz CT molecular complexity index is 327. The van der Waals surface area contributed by atoms with E-state index in [2.05, 4.69) is 20.1 Å². The Morgan fingerprint density at radius 1 is 1.20 bits per heavy atom. The molecule has 0 N–H and O–H groups in total. The van der Waals surface area contributed by atoms with E-state index in [1.807, 2.05) is 0 Å². The Kier molecular flexibility index (Phi) is 8.85.